The highest BCUT2D eigenvalue weighted by atomic mass is 16.5. The number of ether oxygens (including phenoxy) is 1. The molecule has 1 fully saturated rings. The van der Waals surface area contributed by atoms with E-state index < -0.39 is 6.10 Å². The minimum Gasteiger partial charge on any atom is -0.464 e. The number of fused-ring (bicyclic) bond motifs is 1. The molecule has 0 N–H and O–H groups in total. The molecule has 1 aliphatic rings. The molecule has 0 bridgehead atoms. The van der Waals surface area contributed by atoms with Crippen molar-refractivity contribution in [2.75, 3.05) is 19.7 Å². The number of carbonyl (C=O) groups is 1. The van der Waals surface area contributed by atoms with Crippen LogP contribution in [0.5, 0.6) is 0 Å². The Morgan fingerprint density at radius 1 is 1.29 bits per heavy atom. The van der Waals surface area contributed by atoms with Crippen LogP contribution >= 0.6 is 0 Å². The number of hydrogen-bond acceptors (Lipinski definition) is 7. The molecule has 4 heterocycles. The summed E-state index contributed by atoms with van der Waals surface area (Å²) in [7, 11) is 0. The molecule has 1 aromatic carbocycles. The number of hydrogen-bond donors (Lipinski definition) is 0. The van der Waals surface area contributed by atoms with Gasteiger partial charge in [0, 0.05) is 35.5 Å². The Hall–Kier alpha value is -3.52. The van der Waals surface area contributed by atoms with Crippen molar-refractivity contribution >= 4 is 16.9 Å². The Labute approximate surface area is 178 Å². The fraction of sp³-hybridized carbons (Fsp3) is 0.304. The molecule has 4 aromatic rings. The standard InChI is InChI=1S/C23H22N4O4/c1-14-8-15(2)21-17(13-30-18(21)9-14)10-20(28)27-6-7-29-19(12-27)23-25-22(26-31-23)16-4-3-5-24-11-16/h3-5,8-9,11,13,19H,6-7,10,12H2,1-2H3/t19-/m1/s1. The van der Waals surface area contributed by atoms with E-state index in [4.69, 9.17) is 13.7 Å². The maximum absolute atomic E-state index is 13.0. The highest BCUT2D eigenvalue weighted by Gasteiger charge is 2.30. The second-order valence-corrected chi connectivity index (χ2v) is 7.79. The van der Waals surface area contributed by atoms with E-state index in [0.29, 0.717) is 31.4 Å². The van der Waals surface area contributed by atoms with E-state index >= 15 is 0 Å². The normalized spacial score (nSPS) is 16.7. The zero-order chi connectivity index (χ0) is 21.4. The van der Waals surface area contributed by atoms with Crippen LogP contribution in [-0.4, -0.2) is 45.6 Å². The molecule has 158 valence electrons. The van der Waals surface area contributed by atoms with Crippen LogP contribution in [0, 0.1) is 13.8 Å². The number of benzene rings is 1. The van der Waals surface area contributed by atoms with Gasteiger partial charge in [0.05, 0.1) is 25.8 Å². The van der Waals surface area contributed by atoms with Crippen LogP contribution in [0.25, 0.3) is 22.4 Å². The Bertz CT molecular complexity index is 1230. The summed E-state index contributed by atoms with van der Waals surface area (Å²) in [5.41, 5.74) is 4.73. The lowest BCUT2D eigenvalue weighted by molar-refractivity contribution is -0.139. The maximum Gasteiger partial charge on any atom is 0.257 e. The Balaban J connectivity index is 1.31. The lowest BCUT2D eigenvalue weighted by Gasteiger charge is -2.31. The lowest BCUT2D eigenvalue weighted by Crippen LogP contribution is -2.43. The number of amides is 1. The van der Waals surface area contributed by atoms with E-state index in [2.05, 4.69) is 21.2 Å². The molecule has 8 heteroatoms. The lowest BCUT2D eigenvalue weighted by atomic mass is 10.0. The van der Waals surface area contributed by atoms with Crippen LogP contribution in [0.3, 0.4) is 0 Å². The number of nitrogens with zero attached hydrogens (tertiary/aromatic N) is 4. The summed E-state index contributed by atoms with van der Waals surface area (Å²) in [5, 5.41) is 5.04. The number of rotatable bonds is 4. The molecule has 5 rings (SSSR count). The predicted molar refractivity (Wildman–Crippen MR) is 112 cm³/mol. The van der Waals surface area contributed by atoms with Crippen molar-refractivity contribution in [2.24, 2.45) is 0 Å². The van der Waals surface area contributed by atoms with Crippen LogP contribution < -0.4 is 0 Å². The fourth-order valence-corrected chi connectivity index (χ4v) is 4.03. The van der Waals surface area contributed by atoms with E-state index in [1.807, 2.05) is 32.0 Å². The van der Waals surface area contributed by atoms with Crippen molar-refractivity contribution in [1.29, 1.82) is 0 Å². The summed E-state index contributed by atoms with van der Waals surface area (Å²) in [4.78, 5) is 23.3. The monoisotopic (exact) mass is 418 g/mol. The molecular weight excluding hydrogens is 396 g/mol. The van der Waals surface area contributed by atoms with Crippen LogP contribution in [0.1, 0.15) is 28.7 Å². The van der Waals surface area contributed by atoms with E-state index in [-0.39, 0.29) is 12.3 Å². The minimum absolute atomic E-state index is 0.0166. The third-order valence-electron chi connectivity index (χ3n) is 5.49. The molecule has 1 aliphatic heterocycles. The van der Waals surface area contributed by atoms with Gasteiger partial charge in [-0.25, -0.2) is 0 Å². The van der Waals surface area contributed by atoms with Gasteiger partial charge in [-0.2, -0.15) is 4.98 Å². The summed E-state index contributed by atoms with van der Waals surface area (Å²) >= 11 is 0. The van der Waals surface area contributed by atoms with Crippen LogP contribution in [-0.2, 0) is 16.0 Å². The van der Waals surface area contributed by atoms with Gasteiger partial charge in [-0.3, -0.25) is 9.78 Å². The van der Waals surface area contributed by atoms with Gasteiger partial charge < -0.3 is 18.6 Å². The van der Waals surface area contributed by atoms with Gasteiger partial charge in [-0.1, -0.05) is 11.2 Å². The van der Waals surface area contributed by atoms with Crippen molar-refractivity contribution in [3.63, 3.8) is 0 Å². The molecule has 0 saturated carbocycles. The highest BCUT2D eigenvalue weighted by molar-refractivity contribution is 5.90. The first-order chi connectivity index (χ1) is 15.1. The Morgan fingerprint density at radius 2 is 2.19 bits per heavy atom. The Morgan fingerprint density at radius 3 is 3.03 bits per heavy atom. The SMILES string of the molecule is Cc1cc(C)c2c(CC(=O)N3CCO[C@@H](c4nc(-c5cccnc5)no4)C3)coc2c1. The third-order valence-corrected chi connectivity index (χ3v) is 5.49. The molecule has 1 amide bonds. The summed E-state index contributed by atoms with van der Waals surface area (Å²) < 4.78 is 16.9. The van der Waals surface area contributed by atoms with Crippen molar-refractivity contribution in [3.05, 3.63) is 65.5 Å². The van der Waals surface area contributed by atoms with E-state index in [0.717, 1.165) is 33.2 Å². The first kappa shape index (κ1) is 19.4. The van der Waals surface area contributed by atoms with Gasteiger partial charge in [0.1, 0.15) is 5.58 Å². The van der Waals surface area contributed by atoms with Gasteiger partial charge in [0.2, 0.25) is 11.7 Å². The highest BCUT2D eigenvalue weighted by Crippen LogP contribution is 2.28. The third kappa shape index (κ3) is 3.82. The average molecular weight is 418 g/mol. The Kier molecular flexibility index (Phi) is 4.99. The second-order valence-electron chi connectivity index (χ2n) is 7.79. The van der Waals surface area contributed by atoms with Gasteiger partial charge in [0.15, 0.2) is 6.10 Å². The van der Waals surface area contributed by atoms with Crippen molar-refractivity contribution in [3.8, 4) is 11.4 Å². The average Bonchev–Trinajstić information content (AvgIpc) is 3.42. The number of furan rings is 1. The fourth-order valence-electron chi connectivity index (χ4n) is 4.03. The zero-order valence-electron chi connectivity index (χ0n) is 17.4. The van der Waals surface area contributed by atoms with Crippen molar-refractivity contribution < 1.29 is 18.5 Å². The predicted octanol–water partition coefficient (Wildman–Crippen LogP) is 3.64. The maximum atomic E-state index is 13.0. The smallest absolute Gasteiger partial charge is 0.257 e. The molecule has 0 aliphatic carbocycles. The molecule has 8 nitrogen and oxygen atoms in total. The molecule has 3 aromatic heterocycles. The van der Waals surface area contributed by atoms with Crippen LogP contribution in [0.15, 0.2) is 51.9 Å². The first-order valence-corrected chi connectivity index (χ1v) is 10.2. The van der Waals surface area contributed by atoms with Crippen molar-refractivity contribution in [2.45, 2.75) is 26.4 Å². The molecule has 0 unspecified atom stereocenters. The van der Waals surface area contributed by atoms with Gasteiger partial charge in [-0.15, -0.1) is 0 Å². The summed E-state index contributed by atoms with van der Waals surface area (Å²) in [6.07, 6.45) is 4.86. The molecular formula is C23H22N4O4. The largest absolute Gasteiger partial charge is 0.464 e. The summed E-state index contributed by atoms with van der Waals surface area (Å²) in [5.74, 6) is 0.824. The minimum atomic E-state index is -0.457. The number of aryl methyl sites for hydroxylation is 2. The van der Waals surface area contributed by atoms with Crippen LogP contribution in [0.4, 0.5) is 0 Å². The first-order valence-electron chi connectivity index (χ1n) is 10.2. The molecule has 0 radical (unpaired) electrons. The topological polar surface area (TPSA) is 94.5 Å². The van der Waals surface area contributed by atoms with Gasteiger partial charge in [-0.05, 0) is 43.2 Å². The van der Waals surface area contributed by atoms with E-state index in [1.54, 1.807) is 23.6 Å². The number of morpholine rings is 1. The second kappa shape index (κ2) is 7.96. The molecule has 31 heavy (non-hydrogen) atoms. The number of pyridine rings is 1. The number of carbonyl (C=O) groups excluding carboxylic acids is 1. The van der Waals surface area contributed by atoms with Crippen LogP contribution in [0.2, 0.25) is 0 Å². The number of aromatic nitrogens is 3. The quantitative estimate of drug-likeness (QED) is 0.499. The van der Waals surface area contributed by atoms with Gasteiger partial charge in [0.25, 0.3) is 5.89 Å². The molecule has 1 atom stereocenters. The van der Waals surface area contributed by atoms with Crippen molar-refractivity contribution in [1.82, 2.24) is 20.0 Å². The van der Waals surface area contributed by atoms with Gasteiger partial charge >= 0.3 is 0 Å². The zero-order valence-corrected chi connectivity index (χ0v) is 17.4. The molecule has 1 saturated heterocycles. The summed E-state index contributed by atoms with van der Waals surface area (Å²) in [6.45, 7) is 5.36. The molecule has 0 spiro atoms. The van der Waals surface area contributed by atoms with E-state index in [9.17, 15) is 4.79 Å². The summed E-state index contributed by atoms with van der Waals surface area (Å²) in [6, 6.07) is 7.77. The van der Waals surface area contributed by atoms with E-state index in [1.165, 1.54) is 0 Å².